The lowest BCUT2D eigenvalue weighted by Crippen LogP contribution is -2.31. The van der Waals surface area contributed by atoms with Gasteiger partial charge in [-0.25, -0.2) is 4.39 Å². The predicted octanol–water partition coefficient (Wildman–Crippen LogP) is 3.75. The summed E-state index contributed by atoms with van der Waals surface area (Å²) in [6.45, 7) is 8.06. The van der Waals surface area contributed by atoms with Gasteiger partial charge in [-0.15, -0.1) is 0 Å². The molecule has 2 atom stereocenters. The van der Waals surface area contributed by atoms with Crippen LogP contribution in [0.25, 0.3) is 0 Å². The number of rotatable bonds is 5. The summed E-state index contributed by atoms with van der Waals surface area (Å²) >= 11 is 0. The Labute approximate surface area is 109 Å². The molecule has 1 N–H and O–H groups in total. The summed E-state index contributed by atoms with van der Waals surface area (Å²) in [4.78, 5) is 1.93. The number of halogens is 1. The van der Waals surface area contributed by atoms with Gasteiger partial charge < -0.3 is 10.0 Å². The third kappa shape index (κ3) is 3.45. The lowest BCUT2D eigenvalue weighted by Gasteiger charge is -2.31. The predicted molar refractivity (Wildman–Crippen MR) is 74.4 cm³/mol. The Morgan fingerprint density at radius 2 is 1.83 bits per heavy atom. The van der Waals surface area contributed by atoms with Gasteiger partial charge in [-0.1, -0.05) is 26.0 Å². The van der Waals surface area contributed by atoms with Gasteiger partial charge >= 0.3 is 0 Å². The minimum atomic E-state index is -0.663. The SMILES string of the molecule is CC(C)CC(C)N(C)c1c(F)cccc1C(C)O. The minimum Gasteiger partial charge on any atom is -0.389 e. The van der Waals surface area contributed by atoms with E-state index in [9.17, 15) is 9.50 Å². The lowest BCUT2D eigenvalue weighted by atomic mass is 10.0. The normalized spacial score (nSPS) is 14.7. The minimum absolute atomic E-state index is 0.236. The number of aliphatic hydroxyl groups is 1. The van der Waals surface area contributed by atoms with E-state index in [2.05, 4.69) is 20.8 Å². The topological polar surface area (TPSA) is 23.5 Å². The molecule has 0 aliphatic rings. The van der Waals surface area contributed by atoms with Gasteiger partial charge in [0.15, 0.2) is 0 Å². The van der Waals surface area contributed by atoms with Crippen LogP contribution in [0.4, 0.5) is 10.1 Å². The highest BCUT2D eigenvalue weighted by molar-refractivity contribution is 5.55. The summed E-state index contributed by atoms with van der Waals surface area (Å²) in [5, 5.41) is 9.75. The third-order valence-corrected chi connectivity index (χ3v) is 3.29. The molecule has 0 saturated carbocycles. The molecule has 0 heterocycles. The van der Waals surface area contributed by atoms with Crippen LogP contribution in [0, 0.1) is 11.7 Å². The largest absolute Gasteiger partial charge is 0.389 e. The smallest absolute Gasteiger partial charge is 0.146 e. The molecule has 0 bridgehead atoms. The molecular formula is C15H24FNO. The number of nitrogens with zero attached hydrogens (tertiary/aromatic N) is 1. The van der Waals surface area contributed by atoms with Crippen LogP contribution in [0.2, 0.25) is 0 Å². The number of para-hydroxylation sites is 1. The zero-order chi connectivity index (χ0) is 13.9. The summed E-state index contributed by atoms with van der Waals surface area (Å²) in [5.74, 6) is 0.288. The molecule has 1 aromatic rings. The monoisotopic (exact) mass is 253 g/mol. The van der Waals surface area contributed by atoms with Gasteiger partial charge in [-0.05, 0) is 32.3 Å². The second kappa shape index (κ2) is 6.19. The van der Waals surface area contributed by atoms with Gasteiger partial charge in [0.2, 0.25) is 0 Å². The second-order valence-electron chi connectivity index (χ2n) is 5.44. The van der Waals surface area contributed by atoms with Gasteiger partial charge in [-0.3, -0.25) is 0 Å². The van der Waals surface area contributed by atoms with Crippen molar-refractivity contribution in [2.24, 2.45) is 5.92 Å². The maximum absolute atomic E-state index is 14.0. The van der Waals surface area contributed by atoms with Crippen molar-refractivity contribution in [3.05, 3.63) is 29.6 Å². The number of hydrogen-bond acceptors (Lipinski definition) is 2. The van der Waals surface area contributed by atoms with Crippen molar-refractivity contribution in [3.8, 4) is 0 Å². The highest BCUT2D eigenvalue weighted by Gasteiger charge is 2.20. The quantitative estimate of drug-likeness (QED) is 0.864. The summed E-state index contributed by atoms with van der Waals surface area (Å²) in [6.07, 6.45) is 0.328. The van der Waals surface area contributed by atoms with E-state index >= 15 is 0 Å². The average Bonchev–Trinajstić information content (AvgIpc) is 2.26. The lowest BCUT2D eigenvalue weighted by molar-refractivity contribution is 0.199. The molecule has 102 valence electrons. The van der Waals surface area contributed by atoms with Crippen LogP contribution < -0.4 is 4.90 Å². The highest BCUT2D eigenvalue weighted by atomic mass is 19.1. The zero-order valence-corrected chi connectivity index (χ0v) is 11.9. The van der Waals surface area contributed by atoms with E-state index < -0.39 is 6.10 Å². The van der Waals surface area contributed by atoms with Crippen LogP contribution in [0.5, 0.6) is 0 Å². The summed E-state index contributed by atoms with van der Waals surface area (Å²) < 4.78 is 14.0. The Balaban J connectivity index is 3.07. The Morgan fingerprint density at radius 1 is 1.22 bits per heavy atom. The van der Waals surface area contributed by atoms with E-state index in [0.29, 0.717) is 17.2 Å². The fourth-order valence-electron chi connectivity index (χ4n) is 2.30. The van der Waals surface area contributed by atoms with Crippen LogP contribution >= 0.6 is 0 Å². The Morgan fingerprint density at radius 3 is 2.33 bits per heavy atom. The standard InChI is InChI=1S/C15H24FNO/c1-10(2)9-11(3)17(5)15-13(12(4)18)7-6-8-14(15)16/h6-8,10-12,18H,9H2,1-5H3. The molecule has 0 amide bonds. The molecule has 0 aromatic heterocycles. The van der Waals surface area contributed by atoms with E-state index in [0.717, 1.165) is 6.42 Å². The molecule has 0 fully saturated rings. The van der Waals surface area contributed by atoms with E-state index in [4.69, 9.17) is 0 Å². The molecule has 1 aromatic carbocycles. The second-order valence-corrected chi connectivity index (χ2v) is 5.44. The molecule has 2 unspecified atom stereocenters. The van der Waals surface area contributed by atoms with E-state index in [-0.39, 0.29) is 11.9 Å². The molecule has 0 radical (unpaired) electrons. The maximum Gasteiger partial charge on any atom is 0.146 e. The first-order chi connectivity index (χ1) is 8.34. The number of anilines is 1. The Bertz CT molecular complexity index is 390. The van der Waals surface area contributed by atoms with Crippen molar-refractivity contribution >= 4 is 5.69 Å². The van der Waals surface area contributed by atoms with Gasteiger partial charge in [0.25, 0.3) is 0 Å². The van der Waals surface area contributed by atoms with E-state index in [1.54, 1.807) is 19.1 Å². The van der Waals surface area contributed by atoms with E-state index in [1.165, 1.54) is 6.07 Å². The molecule has 1 rings (SSSR count). The maximum atomic E-state index is 14.0. The Kier molecular flexibility index (Phi) is 5.15. The first-order valence-corrected chi connectivity index (χ1v) is 6.53. The van der Waals surface area contributed by atoms with Gasteiger partial charge in [0.1, 0.15) is 5.82 Å². The summed E-state index contributed by atoms with van der Waals surface area (Å²) in [6, 6.07) is 5.10. The van der Waals surface area contributed by atoms with Crippen LogP contribution in [-0.4, -0.2) is 18.2 Å². The van der Waals surface area contributed by atoms with Crippen LogP contribution in [0.1, 0.15) is 45.8 Å². The zero-order valence-electron chi connectivity index (χ0n) is 11.9. The fourth-order valence-corrected chi connectivity index (χ4v) is 2.30. The van der Waals surface area contributed by atoms with Crippen molar-refractivity contribution in [2.75, 3.05) is 11.9 Å². The van der Waals surface area contributed by atoms with Crippen LogP contribution in [0.3, 0.4) is 0 Å². The van der Waals surface area contributed by atoms with E-state index in [1.807, 2.05) is 11.9 Å². The molecule has 0 saturated heterocycles. The first kappa shape index (κ1) is 15.0. The number of hydrogen-bond donors (Lipinski definition) is 1. The van der Waals surface area contributed by atoms with Crippen molar-refractivity contribution in [3.63, 3.8) is 0 Å². The number of aliphatic hydroxyl groups excluding tert-OH is 1. The number of benzene rings is 1. The van der Waals surface area contributed by atoms with Crippen LogP contribution in [0.15, 0.2) is 18.2 Å². The van der Waals surface area contributed by atoms with Gasteiger partial charge in [0, 0.05) is 18.7 Å². The van der Waals surface area contributed by atoms with Crippen molar-refractivity contribution < 1.29 is 9.50 Å². The summed E-state index contributed by atoms with van der Waals surface area (Å²) in [5.41, 5.74) is 1.16. The molecular weight excluding hydrogens is 229 g/mol. The van der Waals surface area contributed by atoms with Gasteiger partial charge in [0.05, 0.1) is 11.8 Å². The molecule has 2 nitrogen and oxygen atoms in total. The fraction of sp³-hybridized carbons (Fsp3) is 0.600. The summed E-state index contributed by atoms with van der Waals surface area (Å²) in [7, 11) is 1.89. The molecule has 18 heavy (non-hydrogen) atoms. The molecule has 0 aliphatic carbocycles. The van der Waals surface area contributed by atoms with Gasteiger partial charge in [-0.2, -0.15) is 0 Å². The van der Waals surface area contributed by atoms with Crippen molar-refractivity contribution in [2.45, 2.75) is 46.3 Å². The van der Waals surface area contributed by atoms with Crippen molar-refractivity contribution in [1.82, 2.24) is 0 Å². The molecule has 3 heteroatoms. The molecule has 0 spiro atoms. The third-order valence-electron chi connectivity index (χ3n) is 3.29. The van der Waals surface area contributed by atoms with Crippen molar-refractivity contribution in [1.29, 1.82) is 0 Å². The first-order valence-electron chi connectivity index (χ1n) is 6.53. The molecule has 0 aliphatic heterocycles. The highest BCUT2D eigenvalue weighted by Crippen LogP contribution is 2.30. The van der Waals surface area contributed by atoms with Crippen LogP contribution in [-0.2, 0) is 0 Å². The average molecular weight is 253 g/mol. The Hall–Kier alpha value is -1.09.